The Hall–Kier alpha value is -2.69. The first kappa shape index (κ1) is 11.4. The number of aromatic nitrogens is 3. The van der Waals surface area contributed by atoms with E-state index >= 15 is 0 Å². The molecule has 0 aliphatic heterocycles. The molecule has 5 nitrogen and oxygen atoms in total. The minimum atomic E-state index is -0.952. The fourth-order valence-corrected chi connectivity index (χ4v) is 2.19. The fraction of sp³-hybridized carbons (Fsp3) is 0.0714. The van der Waals surface area contributed by atoms with Crippen LogP contribution in [0.25, 0.3) is 22.4 Å². The van der Waals surface area contributed by atoms with E-state index in [4.69, 9.17) is 0 Å². The van der Waals surface area contributed by atoms with Crippen LogP contribution in [0.3, 0.4) is 0 Å². The lowest BCUT2D eigenvalue weighted by atomic mass is 10.2. The van der Waals surface area contributed by atoms with E-state index in [9.17, 15) is 9.90 Å². The van der Waals surface area contributed by atoms with Gasteiger partial charge in [0.1, 0.15) is 5.82 Å². The van der Waals surface area contributed by atoms with Gasteiger partial charge in [0.2, 0.25) is 0 Å². The fourth-order valence-electron chi connectivity index (χ4n) is 2.19. The van der Waals surface area contributed by atoms with Gasteiger partial charge in [0.15, 0.2) is 0 Å². The van der Waals surface area contributed by atoms with Crippen molar-refractivity contribution >= 4 is 17.0 Å². The second-order valence-electron chi connectivity index (χ2n) is 4.21. The number of aromatic carboxylic acids is 1. The molecular formula is C14H11N3O2. The highest BCUT2D eigenvalue weighted by Crippen LogP contribution is 2.25. The number of pyridine rings is 1. The maximum absolute atomic E-state index is 11.3. The van der Waals surface area contributed by atoms with E-state index in [1.165, 1.54) is 0 Å². The minimum absolute atomic E-state index is 0.252. The number of carboxylic acid groups (broad SMARTS) is 1. The van der Waals surface area contributed by atoms with E-state index < -0.39 is 5.97 Å². The quantitative estimate of drug-likeness (QED) is 0.761. The highest BCUT2D eigenvalue weighted by atomic mass is 16.4. The van der Waals surface area contributed by atoms with Crippen LogP contribution in [0.4, 0.5) is 0 Å². The van der Waals surface area contributed by atoms with E-state index in [0.717, 1.165) is 5.56 Å². The maximum atomic E-state index is 11.3. The molecule has 0 aliphatic rings. The van der Waals surface area contributed by atoms with Gasteiger partial charge in [-0.2, -0.15) is 0 Å². The lowest BCUT2D eigenvalue weighted by molar-refractivity contribution is 0.0698. The average molecular weight is 253 g/mol. The molecule has 3 aromatic rings. The number of fused-ring (bicyclic) bond motifs is 1. The number of imidazole rings is 1. The largest absolute Gasteiger partial charge is 0.478 e. The molecular weight excluding hydrogens is 242 g/mol. The Morgan fingerprint density at radius 1 is 1.26 bits per heavy atom. The highest BCUT2D eigenvalue weighted by Gasteiger charge is 2.16. The normalized spacial score (nSPS) is 10.8. The van der Waals surface area contributed by atoms with Crippen LogP contribution >= 0.6 is 0 Å². The number of hydrogen-bond donors (Lipinski definition) is 1. The second-order valence-corrected chi connectivity index (χ2v) is 4.21. The molecule has 1 aromatic carbocycles. The maximum Gasteiger partial charge on any atom is 0.337 e. The lowest BCUT2D eigenvalue weighted by Crippen LogP contribution is -2.01. The van der Waals surface area contributed by atoms with Gasteiger partial charge in [0, 0.05) is 25.0 Å². The molecule has 2 aromatic heterocycles. The Morgan fingerprint density at radius 2 is 2.11 bits per heavy atom. The Balaban J connectivity index is 2.33. The zero-order valence-corrected chi connectivity index (χ0v) is 10.2. The Labute approximate surface area is 109 Å². The second kappa shape index (κ2) is 4.20. The van der Waals surface area contributed by atoms with Crippen molar-refractivity contribution in [2.45, 2.75) is 0 Å². The molecule has 0 bridgehead atoms. The number of carboxylic acids is 1. The van der Waals surface area contributed by atoms with Crippen molar-refractivity contribution in [3.63, 3.8) is 0 Å². The highest BCUT2D eigenvalue weighted by molar-refractivity contribution is 6.02. The molecule has 0 spiro atoms. The summed E-state index contributed by atoms with van der Waals surface area (Å²) in [4.78, 5) is 19.8. The molecule has 0 aliphatic carbocycles. The summed E-state index contributed by atoms with van der Waals surface area (Å²) in [6, 6.07) is 8.81. The van der Waals surface area contributed by atoms with Gasteiger partial charge < -0.3 is 9.67 Å². The summed E-state index contributed by atoms with van der Waals surface area (Å²) >= 11 is 0. The smallest absolute Gasteiger partial charge is 0.337 e. The monoisotopic (exact) mass is 253 g/mol. The van der Waals surface area contributed by atoms with E-state index in [2.05, 4.69) is 9.97 Å². The van der Waals surface area contributed by atoms with Gasteiger partial charge in [-0.05, 0) is 24.3 Å². The van der Waals surface area contributed by atoms with Crippen molar-refractivity contribution in [2.75, 3.05) is 0 Å². The summed E-state index contributed by atoms with van der Waals surface area (Å²) in [6.45, 7) is 0. The summed E-state index contributed by atoms with van der Waals surface area (Å²) in [5.41, 5.74) is 2.40. The van der Waals surface area contributed by atoms with Crippen molar-refractivity contribution in [1.29, 1.82) is 0 Å². The molecule has 0 saturated carbocycles. The molecule has 94 valence electrons. The van der Waals surface area contributed by atoms with Crippen molar-refractivity contribution < 1.29 is 9.90 Å². The van der Waals surface area contributed by atoms with Crippen LogP contribution in [0.1, 0.15) is 10.4 Å². The summed E-state index contributed by atoms with van der Waals surface area (Å²) in [7, 11) is 1.81. The topological polar surface area (TPSA) is 68.0 Å². The van der Waals surface area contributed by atoms with Crippen LogP contribution < -0.4 is 0 Å². The number of carbonyl (C=O) groups is 1. The Bertz CT molecular complexity index is 763. The van der Waals surface area contributed by atoms with Crippen molar-refractivity contribution in [2.24, 2.45) is 7.05 Å². The third-order valence-electron chi connectivity index (χ3n) is 3.04. The molecule has 0 saturated heterocycles. The van der Waals surface area contributed by atoms with Crippen LogP contribution in [0.15, 0.2) is 42.7 Å². The third kappa shape index (κ3) is 1.76. The van der Waals surface area contributed by atoms with Crippen LogP contribution in [0, 0.1) is 0 Å². The number of aryl methyl sites for hydroxylation is 1. The third-order valence-corrected chi connectivity index (χ3v) is 3.04. The van der Waals surface area contributed by atoms with Gasteiger partial charge in [-0.1, -0.05) is 6.07 Å². The SMILES string of the molecule is Cn1c(-c2cccnc2)nc2cccc(C(=O)O)c21. The first-order chi connectivity index (χ1) is 9.18. The zero-order chi connectivity index (χ0) is 13.4. The average Bonchev–Trinajstić information content (AvgIpc) is 2.77. The summed E-state index contributed by atoms with van der Waals surface area (Å²) in [5.74, 6) is -0.247. The van der Waals surface area contributed by atoms with Crippen molar-refractivity contribution in [1.82, 2.24) is 14.5 Å². The van der Waals surface area contributed by atoms with Gasteiger partial charge in [0.05, 0.1) is 16.6 Å². The molecule has 0 fully saturated rings. The van der Waals surface area contributed by atoms with Crippen LogP contribution in [-0.2, 0) is 7.05 Å². The molecule has 5 heteroatoms. The summed E-state index contributed by atoms with van der Waals surface area (Å²) in [5, 5.41) is 9.23. The van der Waals surface area contributed by atoms with Gasteiger partial charge in [-0.15, -0.1) is 0 Å². The van der Waals surface area contributed by atoms with Crippen molar-refractivity contribution in [3.05, 3.63) is 48.3 Å². The molecule has 19 heavy (non-hydrogen) atoms. The van der Waals surface area contributed by atoms with E-state index in [-0.39, 0.29) is 5.56 Å². The Morgan fingerprint density at radius 3 is 2.79 bits per heavy atom. The number of benzene rings is 1. The molecule has 0 radical (unpaired) electrons. The predicted molar refractivity (Wildman–Crippen MR) is 70.9 cm³/mol. The molecule has 1 N–H and O–H groups in total. The molecule has 2 heterocycles. The first-order valence-electron chi connectivity index (χ1n) is 5.77. The van der Waals surface area contributed by atoms with Gasteiger partial charge in [-0.3, -0.25) is 4.98 Å². The first-order valence-corrected chi connectivity index (χ1v) is 5.77. The molecule has 0 atom stereocenters. The number of nitrogens with zero attached hydrogens (tertiary/aromatic N) is 3. The van der Waals surface area contributed by atoms with E-state index in [0.29, 0.717) is 16.9 Å². The van der Waals surface area contributed by atoms with Gasteiger partial charge >= 0.3 is 5.97 Å². The summed E-state index contributed by atoms with van der Waals surface area (Å²) < 4.78 is 1.79. The molecule has 3 rings (SSSR count). The predicted octanol–water partition coefficient (Wildman–Crippen LogP) is 2.33. The number of para-hydroxylation sites is 1. The van der Waals surface area contributed by atoms with Crippen LogP contribution in [0.5, 0.6) is 0 Å². The van der Waals surface area contributed by atoms with Crippen molar-refractivity contribution in [3.8, 4) is 11.4 Å². The van der Waals surface area contributed by atoms with Gasteiger partial charge in [0.25, 0.3) is 0 Å². The lowest BCUT2D eigenvalue weighted by Gasteiger charge is -2.03. The zero-order valence-electron chi connectivity index (χ0n) is 10.2. The Kier molecular flexibility index (Phi) is 2.52. The van der Waals surface area contributed by atoms with Crippen LogP contribution in [-0.4, -0.2) is 25.6 Å². The molecule has 0 unspecified atom stereocenters. The van der Waals surface area contributed by atoms with Gasteiger partial charge in [-0.25, -0.2) is 9.78 Å². The summed E-state index contributed by atoms with van der Waals surface area (Å²) in [6.07, 6.45) is 3.40. The number of hydrogen-bond acceptors (Lipinski definition) is 3. The number of rotatable bonds is 2. The minimum Gasteiger partial charge on any atom is -0.478 e. The van der Waals surface area contributed by atoms with E-state index in [1.54, 1.807) is 29.1 Å². The van der Waals surface area contributed by atoms with E-state index in [1.807, 2.05) is 25.2 Å². The van der Waals surface area contributed by atoms with Crippen LogP contribution in [0.2, 0.25) is 0 Å². The molecule has 0 amide bonds. The standard InChI is InChI=1S/C14H11N3O2/c1-17-12-10(14(18)19)5-2-6-11(12)16-13(17)9-4-3-7-15-8-9/h2-8H,1H3,(H,18,19).